The van der Waals surface area contributed by atoms with Crippen molar-refractivity contribution < 1.29 is 18.4 Å². The van der Waals surface area contributed by atoms with Crippen LogP contribution in [0.3, 0.4) is 0 Å². The summed E-state index contributed by atoms with van der Waals surface area (Å²) in [6, 6.07) is 10.8. The van der Waals surface area contributed by atoms with Gasteiger partial charge in [0.15, 0.2) is 17.8 Å². The number of benzene rings is 1. The van der Waals surface area contributed by atoms with Crippen LogP contribution >= 0.6 is 0 Å². The quantitative estimate of drug-likeness (QED) is 0.783. The summed E-state index contributed by atoms with van der Waals surface area (Å²) in [6.45, 7) is 0.292. The molecule has 0 saturated carbocycles. The summed E-state index contributed by atoms with van der Waals surface area (Å²) in [5, 5.41) is 2.74. The van der Waals surface area contributed by atoms with Crippen LogP contribution in [0.5, 0.6) is 5.75 Å². The first-order valence-electron chi connectivity index (χ1n) is 6.66. The van der Waals surface area contributed by atoms with Gasteiger partial charge in [0.05, 0.1) is 19.9 Å². The molecule has 0 saturated heterocycles. The number of carbonyl (C=O) groups is 1. The number of furan rings is 1. The number of methoxy groups -OCH3 is 1. The van der Waals surface area contributed by atoms with E-state index in [1.807, 2.05) is 12.1 Å². The van der Waals surface area contributed by atoms with E-state index in [1.165, 1.54) is 6.39 Å². The zero-order valence-corrected chi connectivity index (χ0v) is 11.9. The first kappa shape index (κ1) is 13.9. The van der Waals surface area contributed by atoms with Gasteiger partial charge in [-0.15, -0.1) is 0 Å². The van der Waals surface area contributed by atoms with Crippen molar-refractivity contribution in [2.24, 2.45) is 0 Å². The Morgan fingerprint density at radius 1 is 1.23 bits per heavy atom. The summed E-state index contributed by atoms with van der Waals surface area (Å²) in [6.07, 6.45) is 2.81. The Kier molecular flexibility index (Phi) is 3.91. The van der Waals surface area contributed by atoms with Crippen molar-refractivity contribution in [3.05, 3.63) is 60.5 Å². The average Bonchev–Trinajstić information content (AvgIpc) is 3.24. The van der Waals surface area contributed by atoms with Crippen molar-refractivity contribution in [2.45, 2.75) is 6.54 Å². The molecule has 6 heteroatoms. The number of amides is 1. The van der Waals surface area contributed by atoms with E-state index < -0.39 is 0 Å². The van der Waals surface area contributed by atoms with Crippen LogP contribution in [0, 0.1) is 0 Å². The summed E-state index contributed by atoms with van der Waals surface area (Å²) >= 11 is 0. The predicted octanol–water partition coefficient (Wildman–Crippen LogP) is 2.87. The van der Waals surface area contributed by atoms with Gasteiger partial charge < -0.3 is 18.9 Å². The fraction of sp³-hybridized carbons (Fsp3) is 0.125. The van der Waals surface area contributed by atoms with Gasteiger partial charge in [0.2, 0.25) is 0 Å². The first-order chi connectivity index (χ1) is 10.8. The SMILES string of the molecule is COc1ccc(-c2ocnc2C(=O)NCc2ccco2)cc1. The second-order valence-corrected chi connectivity index (χ2v) is 4.52. The minimum absolute atomic E-state index is 0.233. The molecule has 0 aliphatic heterocycles. The number of carbonyl (C=O) groups excluding carboxylic acids is 1. The molecule has 3 aromatic rings. The molecule has 1 amide bonds. The molecule has 6 nitrogen and oxygen atoms in total. The molecule has 0 bridgehead atoms. The molecule has 0 spiro atoms. The van der Waals surface area contributed by atoms with Gasteiger partial charge in [-0.25, -0.2) is 4.98 Å². The highest BCUT2D eigenvalue weighted by atomic mass is 16.5. The zero-order valence-electron chi connectivity index (χ0n) is 11.9. The summed E-state index contributed by atoms with van der Waals surface area (Å²) in [4.78, 5) is 16.2. The normalized spacial score (nSPS) is 10.4. The third-order valence-electron chi connectivity index (χ3n) is 3.14. The number of aromatic nitrogens is 1. The Balaban J connectivity index is 1.77. The largest absolute Gasteiger partial charge is 0.497 e. The summed E-state index contributed by atoms with van der Waals surface area (Å²) in [5.74, 6) is 1.49. The highest BCUT2D eigenvalue weighted by molar-refractivity contribution is 5.97. The first-order valence-corrected chi connectivity index (χ1v) is 6.66. The van der Waals surface area contributed by atoms with E-state index in [9.17, 15) is 4.79 Å². The minimum Gasteiger partial charge on any atom is -0.497 e. The molecule has 112 valence electrons. The molecule has 0 unspecified atom stereocenters. The lowest BCUT2D eigenvalue weighted by Crippen LogP contribution is -2.23. The third kappa shape index (κ3) is 2.85. The molecular formula is C16H14N2O4. The lowest BCUT2D eigenvalue weighted by molar-refractivity contribution is 0.0944. The maximum absolute atomic E-state index is 12.2. The van der Waals surface area contributed by atoms with Gasteiger partial charge in [0, 0.05) is 5.56 Å². The Morgan fingerprint density at radius 2 is 2.05 bits per heavy atom. The van der Waals surface area contributed by atoms with E-state index >= 15 is 0 Å². The Hall–Kier alpha value is -3.02. The van der Waals surface area contributed by atoms with Gasteiger partial charge in [-0.2, -0.15) is 0 Å². The monoisotopic (exact) mass is 298 g/mol. The van der Waals surface area contributed by atoms with Crippen LogP contribution in [0.25, 0.3) is 11.3 Å². The fourth-order valence-electron chi connectivity index (χ4n) is 2.02. The van der Waals surface area contributed by atoms with E-state index in [4.69, 9.17) is 13.6 Å². The van der Waals surface area contributed by atoms with E-state index in [0.717, 1.165) is 11.3 Å². The number of nitrogens with zero attached hydrogens (tertiary/aromatic N) is 1. The average molecular weight is 298 g/mol. The van der Waals surface area contributed by atoms with Crippen LogP contribution in [-0.4, -0.2) is 18.0 Å². The van der Waals surface area contributed by atoms with Crippen molar-refractivity contribution >= 4 is 5.91 Å². The zero-order chi connectivity index (χ0) is 15.4. The van der Waals surface area contributed by atoms with Crippen molar-refractivity contribution in [1.82, 2.24) is 10.3 Å². The second-order valence-electron chi connectivity index (χ2n) is 4.52. The van der Waals surface area contributed by atoms with Crippen molar-refractivity contribution in [3.8, 4) is 17.1 Å². The molecule has 3 rings (SSSR count). The van der Waals surface area contributed by atoms with Crippen LogP contribution in [0.4, 0.5) is 0 Å². The van der Waals surface area contributed by atoms with Crippen LogP contribution in [0.15, 0.2) is 57.9 Å². The van der Waals surface area contributed by atoms with E-state index in [1.54, 1.807) is 37.6 Å². The highest BCUT2D eigenvalue weighted by Gasteiger charge is 2.18. The molecule has 0 radical (unpaired) electrons. The number of nitrogens with one attached hydrogen (secondary N) is 1. The summed E-state index contributed by atoms with van der Waals surface area (Å²) in [7, 11) is 1.59. The number of rotatable bonds is 5. The molecule has 0 fully saturated rings. The molecule has 1 N–H and O–H groups in total. The summed E-state index contributed by atoms with van der Waals surface area (Å²) < 4.78 is 15.6. The van der Waals surface area contributed by atoms with E-state index in [-0.39, 0.29) is 11.6 Å². The van der Waals surface area contributed by atoms with Gasteiger partial charge in [0.25, 0.3) is 5.91 Å². The van der Waals surface area contributed by atoms with Crippen molar-refractivity contribution in [1.29, 1.82) is 0 Å². The highest BCUT2D eigenvalue weighted by Crippen LogP contribution is 2.25. The Labute approximate surface area is 126 Å². The van der Waals surface area contributed by atoms with Gasteiger partial charge >= 0.3 is 0 Å². The molecule has 1 aromatic carbocycles. The molecule has 0 aliphatic carbocycles. The topological polar surface area (TPSA) is 77.5 Å². The molecule has 2 heterocycles. The van der Waals surface area contributed by atoms with Crippen LogP contribution in [-0.2, 0) is 6.54 Å². The second kappa shape index (κ2) is 6.17. The predicted molar refractivity (Wildman–Crippen MR) is 78.4 cm³/mol. The maximum atomic E-state index is 12.2. The van der Waals surface area contributed by atoms with Crippen molar-refractivity contribution in [2.75, 3.05) is 7.11 Å². The van der Waals surface area contributed by atoms with Gasteiger partial charge in [0.1, 0.15) is 11.5 Å². The van der Waals surface area contributed by atoms with Crippen LogP contribution in [0.1, 0.15) is 16.2 Å². The molecule has 0 aliphatic rings. The van der Waals surface area contributed by atoms with Crippen molar-refractivity contribution in [3.63, 3.8) is 0 Å². The Morgan fingerprint density at radius 3 is 2.73 bits per heavy atom. The fourth-order valence-corrected chi connectivity index (χ4v) is 2.02. The standard InChI is InChI=1S/C16H14N2O4/c1-20-12-6-4-11(5-7-12)15-14(18-10-22-15)16(19)17-9-13-3-2-8-21-13/h2-8,10H,9H2,1H3,(H,17,19). The lowest BCUT2D eigenvalue weighted by Gasteiger charge is -2.04. The minimum atomic E-state index is -0.323. The van der Waals surface area contributed by atoms with Crippen LogP contribution < -0.4 is 10.1 Å². The van der Waals surface area contributed by atoms with Gasteiger partial charge in [-0.1, -0.05) is 0 Å². The number of hydrogen-bond acceptors (Lipinski definition) is 5. The smallest absolute Gasteiger partial charge is 0.274 e. The van der Waals surface area contributed by atoms with Gasteiger partial charge in [-0.3, -0.25) is 4.79 Å². The van der Waals surface area contributed by atoms with E-state index in [2.05, 4.69) is 10.3 Å². The molecule has 22 heavy (non-hydrogen) atoms. The number of oxazole rings is 1. The Bertz CT molecular complexity index is 745. The third-order valence-corrected chi connectivity index (χ3v) is 3.14. The number of hydrogen-bond donors (Lipinski definition) is 1. The van der Waals surface area contributed by atoms with E-state index in [0.29, 0.717) is 18.1 Å². The maximum Gasteiger partial charge on any atom is 0.274 e. The molecule has 2 aromatic heterocycles. The molecule has 0 atom stereocenters. The number of ether oxygens (including phenoxy) is 1. The molecular weight excluding hydrogens is 284 g/mol. The summed E-state index contributed by atoms with van der Waals surface area (Å²) in [5.41, 5.74) is 0.984. The van der Waals surface area contributed by atoms with Crippen LogP contribution in [0.2, 0.25) is 0 Å². The lowest BCUT2D eigenvalue weighted by atomic mass is 10.1. The van der Waals surface area contributed by atoms with Gasteiger partial charge in [-0.05, 0) is 36.4 Å².